The first kappa shape index (κ1) is 21.2. The number of amides is 1. The van der Waals surface area contributed by atoms with Gasteiger partial charge in [0.1, 0.15) is 12.4 Å². The molecule has 0 bridgehead atoms. The van der Waals surface area contributed by atoms with Crippen LogP contribution in [0, 0.1) is 11.3 Å². The van der Waals surface area contributed by atoms with Crippen molar-refractivity contribution in [3.8, 4) is 11.8 Å². The van der Waals surface area contributed by atoms with Crippen molar-refractivity contribution in [3.63, 3.8) is 0 Å². The van der Waals surface area contributed by atoms with Gasteiger partial charge >= 0.3 is 0 Å². The summed E-state index contributed by atoms with van der Waals surface area (Å²) in [4.78, 5) is 15.0. The van der Waals surface area contributed by atoms with E-state index >= 15 is 0 Å². The molecule has 2 N–H and O–H groups in total. The van der Waals surface area contributed by atoms with E-state index in [0.29, 0.717) is 29.1 Å². The molecule has 1 aliphatic heterocycles. The number of hydrogen-bond acceptors (Lipinski definition) is 5. The van der Waals surface area contributed by atoms with Gasteiger partial charge in [-0.1, -0.05) is 36.4 Å². The zero-order chi connectivity index (χ0) is 22.5. The Morgan fingerprint density at radius 1 is 1.06 bits per heavy atom. The van der Waals surface area contributed by atoms with Crippen LogP contribution in [0.5, 0.6) is 5.75 Å². The molecule has 1 aliphatic rings. The van der Waals surface area contributed by atoms with Gasteiger partial charge in [-0.3, -0.25) is 4.79 Å². The number of rotatable bonds is 7. The van der Waals surface area contributed by atoms with Crippen molar-refractivity contribution in [2.45, 2.75) is 0 Å². The summed E-state index contributed by atoms with van der Waals surface area (Å²) in [5, 5.41) is 15.5. The van der Waals surface area contributed by atoms with Gasteiger partial charge in [-0.05, 0) is 56.1 Å². The Morgan fingerprint density at radius 3 is 2.50 bits per heavy atom. The van der Waals surface area contributed by atoms with Gasteiger partial charge < -0.3 is 20.3 Å². The summed E-state index contributed by atoms with van der Waals surface area (Å²) in [6, 6.07) is 24.8. The van der Waals surface area contributed by atoms with E-state index in [0.717, 1.165) is 29.1 Å². The first-order chi connectivity index (χ1) is 15.5. The number of anilines is 2. The zero-order valence-electron chi connectivity index (χ0n) is 18.1. The smallest absolute Gasteiger partial charge is 0.258 e. The molecule has 0 aromatic heterocycles. The Labute approximate surface area is 187 Å². The summed E-state index contributed by atoms with van der Waals surface area (Å²) in [7, 11) is 4.01. The number of benzene rings is 3. The molecule has 160 valence electrons. The second kappa shape index (κ2) is 9.38. The topological polar surface area (TPSA) is 77.4 Å². The number of nitriles is 1. The number of ether oxygens (including phenoxy) is 1. The number of carbonyl (C=O) groups is 1. The Hall–Kier alpha value is -4.08. The number of likely N-dealkylation sites (N-methyl/N-ethyl adjacent to an activating group) is 1. The number of fused-ring (bicyclic) bond motifs is 1. The number of nitrogens with one attached hydrogen (secondary N) is 2. The molecule has 6 nitrogen and oxygen atoms in total. The fourth-order valence-electron chi connectivity index (χ4n) is 3.50. The highest BCUT2D eigenvalue weighted by Crippen LogP contribution is 2.38. The van der Waals surface area contributed by atoms with E-state index in [4.69, 9.17) is 4.74 Å². The monoisotopic (exact) mass is 424 g/mol. The Balaban J connectivity index is 1.68. The fourth-order valence-corrected chi connectivity index (χ4v) is 3.50. The molecule has 3 aromatic rings. The third kappa shape index (κ3) is 4.64. The molecule has 0 unspecified atom stereocenters. The normalized spacial score (nSPS) is 13.9. The minimum absolute atomic E-state index is 0.204. The van der Waals surface area contributed by atoms with Crippen LogP contribution in [0.25, 0.3) is 11.3 Å². The second-order valence-corrected chi connectivity index (χ2v) is 7.74. The molecular weight excluding hydrogens is 400 g/mol. The highest BCUT2D eigenvalue weighted by molar-refractivity contribution is 6.37. The van der Waals surface area contributed by atoms with Crippen LogP contribution >= 0.6 is 0 Å². The second-order valence-electron chi connectivity index (χ2n) is 7.74. The summed E-state index contributed by atoms with van der Waals surface area (Å²) < 4.78 is 5.77. The van der Waals surface area contributed by atoms with E-state index in [1.165, 1.54) is 0 Å². The van der Waals surface area contributed by atoms with E-state index in [1.54, 1.807) is 12.1 Å². The predicted molar refractivity (Wildman–Crippen MR) is 127 cm³/mol. The lowest BCUT2D eigenvalue weighted by molar-refractivity contribution is -0.110. The van der Waals surface area contributed by atoms with Crippen LogP contribution in [0.2, 0.25) is 0 Å². The largest absolute Gasteiger partial charge is 0.492 e. The van der Waals surface area contributed by atoms with Gasteiger partial charge in [0.15, 0.2) is 0 Å². The van der Waals surface area contributed by atoms with E-state index in [9.17, 15) is 10.1 Å². The SMILES string of the molecule is CN(C)CCOc1ccc(NC(=C2C(=O)Nc3cc(C#N)ccc32)c2ccccc2)cc1. The van der Waals surface area contributed by atoms with Crippen LogP contribution in [0.1, 0.15) is 16.7 Å². The van der Waals surface area contributed by atoms with Gasteiger partial charge in [0, 0.05) is 17.8 Å². The van der Waals surface area contributed by atoms with Crippen molar-refractivity contribution < 1.29 is 9.53 Å². The van der Waals surface area contributed by atoms with E-state index in [-0.39, 0.29) is 5.91 Å². The van der Waals surface area contributed by atoms with Crippen LogP contribution in [-0.4, -0.2) is 38.1 Å². The zero-order valence-corrected chi connectivity index (χ0v) is 18.1. The van der Waals surface area contributed by atoms with Crippen LogP contribution in [0.3, 0.4) is 0 Å². The van der Waals surface area contributed by atoms with E-state index < -0.39 is 0 Å². The maximum Gasteiger partial charge on any atom is 0.258 e. The highest BCUT2D eigenvalue weighted by Gasteiger charge is 2.28. The molecule has 1 amide bonds. The minimum Gasteiger partial charge on any atom is -0.492 e. The number of carbonyl (C=O) groups excluding carboxylic acids is 1. The minimum atomic E-state index is -0.204. The molecular formula is C26H24N4O2. The molecule has 0 saturated carbocycles. The van der Waals surface area contributed by atoms with Crippen molar-refractivity contribution in [1.29, 1.82) is 5.26 Å². The van der Waals surface area contributed by atoms with Crippen LogP contribution < -0.4 is 15.4 Å². The van der Waals surface area contributed by atoms with Crippen LogP contribution in [0.4, 0.5) is 11.4 Å². The number of hydrogen-bond donors (Lipinski definition) is 2. The Morgan fingerprint density at radius 2 is 1.81 bits per heavy atom. The van der Waals surface area contributed by atoms with Crippen molar-refractivity contribution in [3.05, 3.63) is 89.5 Å². The lowest BCUT2D eigenvalue weighted by atomic mass is 9.99. The van der Waals surface area contributed by atoms with Crippen LogP contribution in [-0.2, 0) is 4.79 Å². The molecule has 32 heavy (non-hydrogen) atoms. The van der Waals surface area contributed by atoms with Crippen molar-refractivity contribution in [1.82, 2.24) is 4.90 Å². The molecule has 1 heterocycles. The van der Waals surface area contributed by atoms with E-state index in [1.807, 2.05) is 74.8 Å². The molecule has 0 radical (unpaired) electrons. The van der Waals surface area contributed by atoms with Crippen molar-refractivity contribution >= 4 is 28.6 Å². The van der Waals surface area contributed by atoms with Crippen molar-refractivity contribution in [2.24, 2.45) is 0 Å². The molecule has 0 atom stereocenters. The summed E-state index contributed by atoms with van der Waals surface area (Å²) in [6.07, 6.45) is 0. The van der Waals surface area contributed by atoms with E-state index in [2.05, 4.69) is 21.6 Å². The molecule has 6 heteroatoms. The summed E-state index contributed by atoms with van der Waals surface area (Å²) in [5.41, 5.74) is 4.89. The van der Waals surface area contributed by atoms with Gasteiger partial charge in [-0.15, -0.1) is 0 Å². The van der Waals surface area contributed by atoms with Gasteiger partial charge in [-0.2, -0.15) is 5.26 Å². The molecule has 3 aromatic carbocycles. The molecule has 4 rings (SSSR count). The summed E-state index contributed by atoms with van der Waals surface area (Å²) in [5.74, 6) is 0.587. The van der Waals surface area contributed by atoms with Gasteiger partial charge in [-0.25, -0.2) is 0 Å². The average Bonchev–Trinajstić information content (AvgIpc) is 3.13. The maximum atomic E-state index is 12.9. The maximum absolute atomic E-state index is 12.9. The standard InChI is InChI=1S/C26H24N4O2/c1-30(2)14-15-32-21-11-9-20(10-12-21)28-25(19-6-4-3-5-7-19)24-22-13-8-18(17-27)16-23(22)29-26(24)31/h3-13,16,28H,14-15H2,1-2H3,(H,29,31). The van der Waals surface area contributed by atoms with Crippen LogP contribution in [0.15, 0.2) is 72.8 Å². The van der Waals surface area contributed by atoms with Gasteiger partial charge in [0.05, 0.1) is 28.6 Å². The molecule has 0 spiro atoms. The first-order valence-electron chi connectivity index (χ1n) is 10.4. The predicted octanol–water partition coefficient (Wildman–Crippen LogP) is 4.43. The third-order valence-corrected chi connectivity index (χ3v) is 5.14. The average molecular weight is 425 g/mol. The first-order valence-corrected chi connectivity index (χ1v) is 10.4. The van der Waals surface area contributed by atoms with Gasteiger partial charge in [0.2, 0.25) is 0 Å². The number of nitrogens with zero attached hydrogens (tertiary/aromatic N) is 2. The molecule has 0 aliphatic carbocycles. The molecule has 0 saturated heterocycles. The summed E-state index contributed by atoms with van der Waals surface area (Å²) in [6.45, 7) is 1.45. The quantitative estimate of drug-likeness (QED) is 0.549. The Kier molecular flexibility index (Phi) is 6.20. The molecule has 0 fully saturated rings. The lowest BCUT2D eigenvalue weighted by Gasteiger charge is -2.15. The lowest BCUT2D eigenvalue weighted by Crippen LogP contribution is -2.19. The summed E-state index contributed by atoms with van der Waals surface area (Å²) >= 11 is 0. The highest BCUT2D eigenvalue weighted by atomic mass is 16.5. The van der Waals surface area contributed by atoms with Gasteiger partial charge in [0.25, 0.3) is 5.91 Å². The van der Waals surface area contributed by atoms with Crippen molar-refractivity contribution in [2.75, 3.05) is 37.9 Å². The third-order valence-electron chi connectivity index (χ3n) is 5.14. The Bertz CT molecular complexity index is 1190. The fraction of sp³-hybridized carbons (Fsp3) is 0.154.